The lowest BCUT2D eigenvalue weighted by atomic mass is 10.1. The lowest BCUT2D eigenvalue weighted by Gasteiger charge is -2.10. The molecular weight excluding hydrogens is 450 g/mol. The van der Waals surface area contributed by atoms with Crippen LogP contribution in [0, 0.1) is 6.92 Å². The molecule has 35 heavy (non-hydrogen) atoms. The Labute approximate surface area is 201 Å². The molecule has 0 unspecified atom stereocenters. The van der Waals surface area contributed by atoms with Crippen molar-refractivity contribution < 1.29 is 23.5 Å². The summed E-state index contributed by atoms with van der Waals surface area (Å²) in [5, 5.41) is 5.59. The molecule has 9 heteroatoms. The highest BCUT2D eigenvalue weighted by molar-refractivity contribution is 6.05. The van der Waals surface area contributed by atoms with Gasteiger partial charge in [-0.05, 0) is 55.0 Å². The van der Waals surface area contributed by atoms with Crippen LogP contribution < -0.4 is 25.9 Å². The Kier molecular flexibility index (Phi) is 6.86. The number of nitrogens with one attached hydrogen (secondary N) is 2. The second-order valence-corrected chi connectivity index (χ2v) is 7.92. The summed E-state index contributed by atoms with van der Waals surface area (Å²) in [6, 6.07) is 17.4. The molecule has 4 aromatic rings. The van der Waals surface area contributed by atoms with E-state index in [1.807, 2.05) is 31.2 Å². The van der Waals surface area contributed by atoms with Crippen molar-refractivity contribution in [1.29, 1.82) is 0 Å². The summed E-state index contributed by atoms with van der Waals surface area (Å²) < 4.78 is 16.9. The highest BCUT2D eigenvalue weighted by atomic mass is 16.5. The van der Waals surface area contributed by atoms with Gasteiger partial charge < -0.3 is 24.5 Å². The van der Waals surface area contributed by atoms with Gasteiger partial charge in [-0.3, -0.25) is 14.2 Å². The van der Waals surface area contributed by atoms with Crippen molar-refractivity contribution in [1.82, 2.24) is 9.88 Å². The van der Waals surface area contributed by atoms with E-state index in [0.717, 1.165) is 11.1 Å². The van der Waals surface area contributed by atoms with E-state index < -0.39 is 5.76 Å². The Balaban J connectivity index is 1.48. The molecule has 180 valence electrons. The Bertz CT molecular complexity index is 1440. The van der Waals surface area contributed by atoms with Crippen LogP contribution in [0.5, 0.6) is 11.5 Å². The van der Waals surface area contributed by atoms with E-state index in [-0.39, 0.29) is 30.5 Å². The number of hydrogen-bond acceptors (Lipinski definition) is 6. The minimum absolute atomic E-state index is 0.230. The molecule has 0 atom stereocenters. The molecule has 2 N–H and O–H groups in total. The third kappa shape index (κ3) is 5.35. The second kappa shape index (κ2) is 10.2. The first-order valence-electron chi connectivity index (χ1n) is 10.9. The Morgan fingerprint density at radius 3 is 2.40 bits per heavy atom. The van der Waals surface area contributed by atoms with E-state index in [4.69, 9.17) is 13.9 Å². The molecule has 4 rings (SSSR count). The fourth-order valence-electron chi connectivity index (χ4n) is 3.58. The zero-order valence-corrected chi connectivity index (χ0v) is 19.6. The maximum absolute atomic E-state index is 12.7. The molecule has 0 bridgehead atoms. The number of aromatic nitrogens is 1. The number of rotatable bonds is 8. The van der Waals surface area contributed by atoms with Crippen molar-refractivity contribution in [3.05, 3.63) is 87.9 Å². The number of carbonyl (C=O) groups excluding carboxylic acids is 2. The molecule has 0 saturated carbocycles. The first-order valence-corrected chi connectivity index (χ1v) is 10.9. The maximum atomic E-state index is 12.7. The minimum atomic E-state index is -0.683. The molecule has 3 aromatic carbocycles. The average molecular weight is 476 g/mol. The number of amides is 2. The van der Waals surface area contributed by atoms with Gasteiger partial charge in [-0.2, -0.15) is 0 Å². The van der Waals surface area contributed by atoms with E-state index in [0.29, 0.717) is 28.3 Å². The standard InChI is InChI=1S/C26H25N3O6/c1-16-4-8-19(9-5-16)28-25(31)18-7-11-21-20(13-18)29(26(32)35-21)15-24(30)27-14-17-6-10-22(33-2)23(12-17)34-3/h4-13H,14-15H2,1-3H3,(H,27,30)(H,28,31). The molecule has 0 aliphatic rings. The van der Waals surface area contributed by atoms with E-state index in [1.165, 1.54) is 17.7 Å². The number of methoxy groups -OCH3 is 2. The zero-order valence-electron chi connectivity index (χ0n) is 19.6. The van der Waals surface area contributed by atoms with Gasteiger partial charge in [0.05, 0.1) is 19.7 Å². The Morgan fingerprint density at radius 2 is 1.69 bits per heavy atom. The lowest BCUT2D eigenvalue weighted by Crippen LogP contribution is -2.30. The van der Waals surface area contributed by atoms with Crippen molar-refractivity contribution in [3.8, 4) is 11.5 Å². The summed E-state index contributed by atoms with van der Waals surface area (Å²) in [5.41, 5.74) is 3.51. The molecule has 0 spiro atoms. The number of benzene rings is 3. The average Bonchev–Trinajstić information content (AvgIpc) is 3.17. The van der Waals surface area contributed by atoms with Crippen molar-refractivity contribution in [2.75, 3.05) is 19.5 Å². The van der Waals surface area contributed by atoms with Crippen molar-refractivity contribution in [2.24, 2.45) is 0 Å². The van der Waals surface area contributed by atoms with E-state index in [9.17, 15) is 14.4 Å². The summed E-state index contributed by atoms with van der Waals surface area (Å²) in [6.07, 6.45) is 0. The van der Waals surface area contributed by atoms with Crippen LogP contribution in [0.2, 0.25) is 0 Å². The fraction of sp³-hybridized carbons (Fsp3) is 0.192. The van der Waals surface area contributed by atoms with Gasteiger partial charge in [0.2, 0.25) is 5.91 Å². The number of aryl methyl sites for hydroxylation is 1. The van der Waals surface area contributed by atoms with Crippen molar-refractivity contribution >= 4 is 28.6 Å². The molecule has 1 aromatic heterocycles. The van der Waals surface area contributed by atoms with Gasteiger partial charge in [-0.15, -0.1) is 0 Å². The molecule has 1 heterocycles. The lowest BCUT2D eigenvalue weighted by molar-refractivity contribution is -0.121. The van der Waals surface area contributed by atoms with Crippen LogP contribution in [-0.2, 0) is 17.9 Å². The number of carbonyl (C=O) groups is 2. The summed E-state index contributed by atoms with van der Waals surface area (Å²) in [5.74, 6) is -0.278. The molecule has 2 amide bonds. The summed E-state index contributed by atoms with van der Waals surface area (Å²) in [6.45, 7) is 1.93. The monoisotopic (exact) mass is 475 g/mol. The van der Waals surface area contributed by atoms with Crippen LogP contribution in [0.4, 0.5) is 5.69 Å². The topological polar surface area (TPSA) is 112 Å². The maximum Gasteiger partial charge on any atom is 0.420 e. The molecule has 0 aliphatic heterocycles. The molecule has 0 saturated heterocycles. The third-order valence-electron chi connectivity index (χ3n) is 5.48. The number of fused-ring (bicyclic) bond motifs is 1. The number of hydrogen-bond donors (Lipinski definition) is 2. The largest absolute Gasteiger partial charge is 0.493 e. The van der Waals surface area contributed by atoms with Crippen LogP contribution in [0.25, 0.3) is 11.1 Å². The van der Waals surface area contributed by atoms with Gasteiger partial charge in [0, 0.05) is 17.8 Å². The Hall–Kier alpha value is -4.53. The predicted molar refractivity (Wildman–Crippen MR) is 131 cm³/mol. The zero-order chi connectivity index (χ0) is 24.9. The second-order valence-electron chi connectivity index (χ2n) is 7.92. The van der Waals surface area contributed by atoms with Crippen molar-refractivity contribution in [3.63, 3.8) is 0 Å². The molecule has 9 nitrogen and oxygen atoms in total. The van der Waals surface area contributed by atoms with Crippen LogP contribution in [0.1, 0.15) is 21.5 Å². The number of nitrogens with zero attached hydrogens (tertiary/aromatic N) is 1. The fourth-order valence-corrected chi connectivity index (χ4v) is 3.58. The van der Waals surface area contributed by atoms with Gasteiger partial charge in [0.1, 0.15) is 6.54 Å². The van der Waals surface area contributed by atoms with Crippen LogP contribution in [-0.4, -0.2) is 30.6 Å². The summed E-state index contributed by atoms with van der Waals surface area (Å²) >= 11 is 0. The van der Waals surface area contributed by atoms with Crippen molar-refractivity contribution in [2.45, 2.75) is 20.0 Å². The third-order valence-corrected chi connectivity index (χ3v) is 5.48. The molecule has 0 aliphatic carbocycles. The van der Waals surface area contributed by atoms with Gasteiger partial charge >= 0.3 is 5.76 Å². The smallest absolute Gasteiger partial charge is 0.420 e. The highest BCUT2D eigenvalue weighted by Crippen LogP contribution is 2.27. The Morgan fingerprint density at radius 1 is 0.943 bits per heavy atom. The minimum Gasteiger partial charge on any atom is -0.493 e. The first-order chi connectivity index (χ1) is 16.9. The predicted octanol–water partition coefficient (Wildman–Crippen LogP) is 3.49. The van der Waals surface area contributed by atoms with Gasteiger partial charge in [-0.1, -0.05) is 23.8 Å². The SMILES string of the molecule is COc1ccc(CNC(=O)Cn2c(=O)oc3ccc(C(=O)Nc4ccc(C)cc4)cc32)cc1OC. The number of ether oxygens (including phenoxy) is 2. The normalized spacial score (nSPS) is 10.7. The molecular formula is C26H25N3O6. The molecule has 0 radical (unpaired) electrons. The number of anilines is 1. The van der Waals surface area contributed by atoms with Crippen LogP contribution >= 0.6 is 0 Å². The first kappa shape index (κ1) is 23.6. The summed E-state index contributed by atoms with van der Waals surface area (Å²) in [7, 11) is 3.08. The van der Waals surface area contributed by atoms with E-state index >= 15 is 0 Å². The van der Waals surface area contributed by atoms with E-state index in [1.54, 1.807) is 37.4 Å². The quantitative estimate of drug-likeness (QED) is 0.404. The van der Waals surface area contributed by atoms with Gasteiger partial charge in [0.25, 0.3) is 5.91 Å². The highest BCUT2D eigenvalue weighted by Gasteiger charge is 2.16. The van der Waals surface area contributed by atoms with Crippen LogP contribution in [0.3, 0.4) is 0 Å². The van der Waals surface area contributed by atoms with Gasteiger partial charge in [0.15, 0.2) is 17.1 Å². The van der Waals surface area contributed by atoms with Crippen LogP contribution in [0.15, 0.2) is 69.9 Å². The summed E-state index contributed by atoms with van der Waals surface area (Å²) in [4.78, 5) is 37.7. The number of oxazole rings is 1. The van der Waals surface area contributed by atoms with Gasteiger partial charge in [-0.25, -0.2) is 4.79 Å². The van der Waals surface area contributed by atoms with E-state index in [2.05, 4.69) is 10.6 Å². The molecule has 0 fully saturated rings.